The molecular weight excluding hydrogens is 1110 g/mol. The van der Waals surface area contributed by atoms with Crippen LogP contribution in [0, 0.1) is 41.5 Å². The molecule has 89 heavy (non-hydrogen) atoms. The lowest BCUT2D eigenvalue weighted by atomic mass is 9.97. The van der Waals surface area contributed by atoms with Crippen molar-refractivity contribution in [3.63, 3.8) is 0 Å². The topological polar surface area (TPSA) is 192 Å². The molecule has 9 aromatic carbocycles. The lowest BCUT2D eigenvalue weighted by molar-refractivity contribution is -0.121. The highest BCUT2D eigenvalue weighted by Gasteiger charge is 2.19. The van der Waals surface area contributed by atoms with Crippen LogP contribution in [0.3, 0.4) is 0 Å². The summed E-state index contributed by atoms with van der Waals surface area (Å²) < 4.78 is 33.3. The second-order valence-electron chi connectivity index (χ2n) is 22.2. The zero-order chi connectivity index (χ0) is 63.8. The average Bonchev–Trinajstić information content (AvgIpc) is 3.48. The molecule has 8 N–H and O–H groups in total. The summed E-state index contributed by atoms with van der Waals surface area (Å²) in [5, 5.41) is 6.58. The van der Waals surface area contributed by atoms with E-state index in [0.717, 1.165) is 89.8 Å². The number of nitrogens with two attached hydrogens (primary N) is 3. The Labute approximate surface area is 526 Å². The molecule has 13 heteroatoms. The van der Waals surface area contributed by atoms with Crippen LogP contribution in [0.1, 0.15) is 115 Å². The molecule has 0 fully saturated rings. The minimum atomic E-state index is -0.328. The summed E-state index contributed by atoms with van der Waals surface area (Å²) in [6.07, 6.45) is 0. The molecule has 9 aromatic rings. The zero-order valence-corrected chi connectivity index (χ0v) is 53.1. The first kappa shape index (κ1) is 67.4. The monoisotopic (exact) mass is 1200 g/mol. The van der Waals surface area contributed by atoms with Gasteiger partial charge >= 0.3 is 0 Å². The van der Waals surface area contributed by atoms with Crippen LogP contribution in [0.25, 0.3) is 0 Å². The number of hydrogen-bond donors (Lipinski definition) is 5. The van der Waals surface area contributed by atoms with Gasteiger partial charge in [-0.1, -0.05) is 162 Å². The number of ketones is 2. The second-order valence-corrected chi connectivity index (χ2v) is 22.2. The van der Waals surface area contributed by atoms with Crippen LogP contribution in [0.15, 0.2) is 200 Å². The maximum atomic E-state index is 12.7. The second kappa shape index (κ2) is 33.9. The van der Waals surface area contributed by atoms with Gasteiger partial charge < -0.3 is 50.9 Å². The minimum absolute atomic E-state index is 0.00252. The van der Waals surface area contributed by atoms with Gasteiger partial charge in [0.2, 0.25) is 0 Å². The summed E-state index contributed by atoms with van der Waals surface area (Å²) in [7, 11) is 4.97. The van der Waals surface area contributed by atoms with E-state index in [2.05, 4.69) is 104 Å². The third-order valence-electron chi connectivity index (χ3n) is 15.1. The third kappa shape index (κ3) is 20.2. The number of ether oxygens (including phenoxy) is 6. The summed E-state index contributed by atoms with van der Waals surface area (Å²) in [5.74, 6) is 4.46. The Morgan fingerprint density at radius 2 is 0.685 bits per heavy atom. The van der Waals surface area contributed by atoms with Crippen LogP contribution in [-0.4, -0.2) is 65.8 Å². The summed E-state index contributed by atoms with van der Waals surface area (Å²) in [5.41, 5.74) is 35.5. The molecule has 13 nitrogen and oxygen atoms in total. The largest absolute Gasteiger partial charge is 0.496 e. The van der Waals surface area contributed by atoms with E-state index < -0.39 is 0 Å². The van der Waals surface area contributed by atoms with Gasteiger partial charge in [0.15, 0.2) is 11.6 Å². The third-order valence-corrected chi connectivity index (χ3v) is 15.1. The number of nitrogens with one attached hydrogen (secondary N) is 2. The number of carbonyl (C=O) groups excluding carboxylic acids is 2. The van der Waals surface area contributed by atoms with Gasteiger partial charge in [-0.25, -0.2) is 0 Å². The molecule has 0 aliphatic carbocycles. The summed E-state index contributed by atoms with van der Waals surface area (Å²) in [6.45, 7) is 16.0. The number of benzene rings is 9. The highest BCUT2D eigenvalue weighted by atomic mass is 16.5. The summed E-state index contributed by atoms with van der Waals surface area (Å²) >= 11 is 0. The Bertz CT molecular complexity index is 3610. The summed E-state index contributed by atoms with van der Waals surface area (Å²) in [4.78, 5) is 24.8. The van der Waals surface area contributed by atoms with Crippen molar-refractivity contribution in [1.29, 1.82) is 0 Å². The molecule has 0 amide bonds. The van der Waals surface area contributed by atoms with E-state index >= 15 is 0 Å². The van der Waals surface area contributed by atoms with Gasteiger partial charge in [0.25, 0.3) is 0 Å². The first-order chi connectivity index (χ1) is 42.9. The van der Waals surface area contributed by atoms with Gasteiger partial charge in [0.1, 0.15) is 47.7 Å². The van der Waals surface area contributed by atoms with Gasteiger partial charge in [-0.15, -0.1) is 0 Å². The van der Waals surface area contributed by atoms with E-state index in [-0.39, 0.29) is 62.0 Å². The molecule has 0 aromatic heterocycles. The van der Waals surface area contributed by atoms with E-state index in [0.29, 0.717) is 24.7 Å². The minimum Gasteiger partial charge on any atom is -0.496 e. The standard InChI is InChI=1S/C33H36N2O3.C26H30N2O3.C17H21NO2/c1-22-5-10-26(11-6-22)33(27-12-7-23(2)8-13-27)35-20-28(36)21-38-29-16-14-25(15-17-29)32(34)30-18-9-24(3)19-31(30)37-4;1-18-4-7-20(8-5-18)15-28-16-22(29)17-31-23-11-9-21(10-12-23)26(27)24-13-6-19(2)14-25(24)30-3;1-4-20-14-8-6-13(7-9-14)17(18)15-10-5-12(2)11-16(15)19-3/h5-19,32-33,35H,20-21,34H2,1-4H3;4-14,26,28H,15-17,27H2,1-3H3;5-11,17H,4,18H2,1-3H3. The lowest BCUT2D eigenvalue weighted by Gasteiger charge is -2.20. The van der Waals surface area contributed by atoms with Gasteiger partial charge in [-0.2, -0.15) is 0 Å². The number of aryl methyl sites for hydroxylation is 6. The van der Waals surface area contributed by atoms with Crippen LogP contribution in [0.5, 0.6) is 34.5 Å². The fourth-order valence-electron chi connectivity index (χ4n) is 9.89. The first-order valence-electron chi connectivity index (χ1n) is 30.0. The van der Waals surface area contributed by atoms with E-state index in [4.69, 9.17) is 45.6 Å². The maximum Gasteiger partial charge on any atom is 0.183 e. The first-order valence-corrected chi connectivity index (χ1v) is 30.0. The molecule has 0 saturated carbocycles. The van der Waals surface area contributed by atoms with Crippen LogP contribution >= 0.6 is 0 Å². The van der Waals surface area contributed by atoms with E-state index in [1.54, 1.807) is 21.3 Å². The van der Waals surface area contributed by atoms with Crippen LogP contribution in [0.2, 0.25) is 0 Å². The van der Waals surface area contributed by atoms with Crippen molar-refractivity contribution in [2.45, 2.75) is 79.2 Å². The van der Waals surface area contributed by atoms with Crippen LogP contribution in [0.4, 0.5) is 0 Å². The lowest BCUT2D eigenvalue weighted by Crippen LogP contribution is -2.31. The highest BCUT2D eigenvalue weighted by Crippen LogP contribution is 2.33. The van der Waals surface area contributed by atoms with Gasteiger partial charge in [-0.3, -0.25) is 14.9 Å². The van der Waals surface area contributed by atoms with Crippen LogP contribution in [-0.2, 0) is 16.1 Å². The van der Waals surface area contributed by atoms with Crippen molar-refractivity contribution in [1.82, 2.24) is 10.6 Å². The molecule has 0 spiro atoms. The highest BCUT2D eigenvalue weighted by molar-refractivity contribution is 5.82. The molecule has 0 bridgehead atoms. The molecule has 3 atom stereocenters. The Kier molecular flexibility index (Phi) is 25.7. The van der Waals surface area contributed by atoms with Crippen molar-refractivity contribution in [3.8, 4) is 34.5 Å². The molecule has 9 rings (SSSR count). The number of hydrogen-bond acceptors (Lipinski definition) is 13. The molecule has 0 saturated heterocycles. The van der Waals surface area contributed by atoms with Crippen molar-refractivity contribution in [3.05, 3.63) is 284 Å². The molecule has 0 aliphatic rings. The molecule has 3 unspecified atom stereocenters. The SMILES string of the molecule is CCOc1ccc(C(N)c2ccc(C)cc2OC)cc1.COc1cc(C)ccc1C(N)c1ccc(OCC(=O)CNC(c2ccc(C)cc2)c2ccc(C)cc2)cc1.COc1cc(C)ccc1C(N)c1ccc(OCC(=O)CNCc2ccc(C)cc2)cc1. The Morgan fingerprint density at radius 1 is 0.382 bits per heavy atom. The van der Waals surface area contributed by atoms with Crippen molar-refractivity contribution in [2.24, 2.45) is 17.2 Å². The normalized spacial score (nSPS) is 11.8. The Balaban J connectivity index is 0.000000199. The average molecular weight is 1200 g/mol. The molecule has 0 aliphatic heterocycles. The number of methoxy groups -OCH3 is 3. The fourth-order valence-corrected chi connectivity index (χ4v) is 9.89. The van der Waals surface area contributed by atoms with Gasteiger partial charge in [0.05, 0.1) is 65.2 Å². The maximum absolute atomic E-state index is 12.7. The van der Waals surface area contributed by atoms with E-state index in [1.165, 1.54) is 16.7 Å². The molecule has 0 heterocycles. The zero-order valence-electron chi connectivity index (χ0n) is 53.1. The van der Waals surface area contributed by atoms with Gasteiger partial charge in [-0.05, 0) is 153 Å². The number of rotatable bonds is 26. The molecule has 0 radical (unpaired) electrons. The van der Waals surface area contributed by atoms with Crippen LogP contribution < -0.4 is 56.3 Å². The predicted molar refractivity (Wildman–Crippen MR) is 358 cm³/mol. The van der Waals surface area contributed by atoms with E-state index in [9.17, 15) is 9.59 Å². The quantitative estimate of drug-likeness (QED) is 0.0344. The van der Waals surface area contributed by atoms with Gasteiger partial charge in [0, 0.05) is 23.2 Å². The summed E-state index contributed by atoms with van der Waals surface area (Å²) in [6, 6.07) is 65.1. The number of carbonyl (C=O) groups is 2. The molecular formula is C76H87N5O8. The fraction of sp³-hybridized carbons (Fsp3) is 0.263. The molecule has 464 valence electrons. The Morgan fingerprint density at radius 3 is 1.02 bits per heavy atom. The van der Waals surface area contributed by atoms with Crippen molar-refractivity contribution >= 4 is 11.6 Å². The number of Topliss-reactive ketones (excluding diaryl/α,β-unsaturated/α-hetero) is 2. The van der Waals surface area contributed by atoms with Crippen molar-refractivity contribution < 1.29 is 38.0 Å². The smallest absolute Gasteiger partial charge is 0.183 e. The predicted octanol–water partition coefficient (Wildman–Crippen LogP) is 13.5. The van der Waals surface area contributed by atoms with Crippen molar-refractivity contribution in [2.75, 3.05) is 54.2 Å². The van der Waals surface area contributed by atoms with E-state index in [1.807, 2.05) is 155 Å². The Hall–Kier alpha value is -9.08.